The molecule has 3 aromatic rings. The van der Waals surface area contributed by atoms with E-state index in [9.17, 15) is 18.4 Å². The van der Waals surface area contributed by atoms with Gasteiger partial charge in [0, 0.05) is 35.6 Å². The smallest absolute Gasteiger partial charge is 0.324 e. The average molecular weight is 451 g/mol. The third-order valence-electron chi connectivity index (χ3n) is 5.43. The monoisotopic (exact) mass is 451 g/mol. The standard InChI is InChI=1S/C25H23F2N3O3/c1-33-22-8-2-5-17(14-22)24(31)28-20-6-3-7-21(15-20)30-12-4-11-29(25(30)32)16-18-13-19(26)9-10-23(18)27/h2-3,5-10,13-15H,4,11-12,16H2,1H3,(H,28,31). The molecule has 3 aromatic carbocycles. The third kappa shape index (κ3) is 5.11. The second-order valence-electron chi connectivity index (χ2n) is 7.68. The quantitative estimate of drug-likeness (QED) is 0.570. The minimum Gasteiger partial charge on any atom is -0.497 e. The predicted octanol–water partition coefficient (Wildman–Crippen LogP) is 5.06. The maximum Gasteiger partial charge on any atom is 0.324 e. The summed E-state index contributed by atoms with van der Waals surface area (Å²) in [4.78, 5) is 28.8. The first kappa shape index (κ1) is 22.3. The Morgan fingerprint density at radius 2 is 1.85 bits per heavy atom. The van der Waals surface area contributed by atoms with Gasteiger partial charge >= 0.3 is 6.03 Å². The van der Waals surface area contributed by atoms with Crippen molar-refractivity contribution in [2.24, 2.45) is 0 Å². The Morgan fingerprint density at radius 3 is 2.67 bits per heavy atom. The Hall–Kier alpha value is -3.94. The zero-order chi connectivity index (χ0) is 23.4. The van der Waals surface area contributed by atoms with Gasteiger partial charge < -0.3 is 15.0 Å². The fraction of sp³-hybridized carbons (Fsp3) is 0.200. The van der Waals surface area contributed by atoms with Crippen molar-refractivity contribution in [1.82, 2.24) is 4.90 Å². The van der Waals surface area contributed by atoms with Crippen LogP contribution in [0.4, 0.5) is 25.0 Å². The molecule has 8 heteroatoms. The number of hydrogen-bond donors (Lipinski definition) is 1. The lowest BCUT2D eigenvalue weighted by Crippen LogP contribution is -2.49. The van der Waals surface area contributed by atoms with Gasteiger partial charge in [-0.1, -0.05) is 12.1 Å². The number of benzene rings is 3. The van der Waals surface area contributed by atoms with Gasteiger partial charge in [0.15, 0.2) is 0 Å². The molecule has 0 saturated carbocycles. The summed E-state index contributed by atoms with van der Waals surface area (Å²) in [5, 5.41) is 2.83. The molecule has 1 saturated heterocycles. The van der Waals surface area contributed by atoms with Gasteiger partial charge in [-0.2, -0.15) is 0 Å². The van der Waals surface area contributed by atoms with Crippen LogP contribution in [0, 0.1) is 11.6 Å². The van der Waals surface area contributed by atoms with Crippen molar-refractivity contribution in [3.63, 3.8) is 0 Å². The first-order valence-electron chi connectivity index (χ1n) is 10.5. The van der Waals surface area contributed by atoms with Gasteiger partial charge in [0.1, 0.15) is 17.4 Å². The Bertz CT molecular complexity index is 1190. The van der Waals surface area contributed by atoms with Gasteiger partial charge in [0.25, 0.3) is 5.91 Å². The minimum absolute atomic E-state index is 0.0226. The molecule has 0 bridgehead atoms. The summed E-state index contributed by atoms with van der Waals surface area (Å²) < 4.78 is 32.8. The van der Waals surface area contributed by atoms with Crippen molar-refractivity contribution >= 4 is 23.3 Å². The SMILES string of the molecule is COc1cccc(C(=O)Nc2cccc(N3CCCN(Cc4cc(F)ccc4F)C3=O)c2)c1. The molecule has 1 heterocycles. The van der Waals surface area contributed by atoms with E-state index < -0.39 is 11.6 Å². The zero-order valence-electron chi connectivity index (χ0n) is 18.1. The van der Waals surface area contributed by atoms with Crippen molar-refractivity contribution in [2.45, 2.75) is 13.0 Å². The molecule has 0 atom stereocenters. The summed E-state index contributed by atoms with van der Waals surface area (Å²) in [5.41, 5.74) is 1.70. The molecular weight excluding hydrogens is 428 g/mol. The van der Waals surface area contributed by atoms with E-state index in [0.717, 1.165) is 18.2 Å². The van der Waals surface area contributed by atoms with E-state index in [-0.39, 0.29) is 24.0 Å². The lowest BCUT2D eigenvalue weighted by Gasteiger charge is -2.36. The molecule has 0 aliphatic carbocycles. The molecule has 33 heavy (non-hydrogen) atoms. The van der Waals surface area contributed by atoms with E-state index in [2.05, 4.69) is 5.32 Å². The molecule has 1 aliphatic heterocycles. The summed E-state index contributed by atoms with van der Waals surface area (Å²) in [6.07, 6.45) is 0.670. The summed E-state index contributed by atoms with van der Waals surface area (Å²) in [6.45, 7) is 0.900. The number of hydrogen-bond acceptors (Lipinski definition) is 3. The average Bonchev–Trinajstić information content (AvgIpc) is 2.83. The largest absolute Gasteiger partial charge is 0.497 e. The van der Waals surface area contributed by atoms with Gasteiger partial charge in [-0.3, -0.25) is 9.69 Å². The molecule has 170 valence electrons. The number of anilines is 2. The fourth-order valence-corrected chi connectivity index (χ4v) is 3.76. The highest BCUT2D eigenvalue weighted by molar-refractivity contribution is 6.05. The highest BCUT2D eigenvalue weighted by Crippen LogP contribution is 2.25. The van der Waals surface area contributed by atoms with Gasteiger partial charge in [-0.05, 0) is 61.0 Å². The van der Waals surface area contributed by atoms with E-state index in [1.54, 1.807) is 53.4 Å². The van der Waals surface area contributed by atoms with Crippen molar-refractivity contribution < 1.29 is 23.1 Å². The van der Waals surface area contributed by atoms with Gasteiger partial charge in [-0.25, -0.2) is 13.6 Å². The van der Waals surface area contributed by atoms with Gasteiger partial charge in [0.2, 0.25) is 0 Å². The van der Waals surface area contributed by atoms with Crippen LogP contribution in [-0.4, -0.2) is 37.0 Å². The van der Waals surface area contributed by atoms with E-state index in [1.807, 2.05) is 0 Å². The number of halogens is 2. The number of urea groups is 1. The Balaban J connectivity index is 1.49. The maximum absolute atomic E-state index is 14.1. The topological polar surface area (TPSA) is 61.9 Å². The molecule has 4 rings (SSSR count). The van der Waals surface area contributed by atoms with Gasteiger partial charge in [-0.15, -0.1) is 0 Å². The second kappa shape index (κ2) is 9.68. The third-order valence-corrected chi connectivity index (χ3v) is 5.43. The molecular formula is C25H23F2N3O3. The van der Waals surface area contributed by atoms with E-state index >= 15 is 0 Å². The highest BCUT2D eigenvalue weighted by Gasteiger charge is 2.27. The van der Waals surface area contributed by atoms with E-state index in [1.165, 1.54) is 12.0 Å². The van der Waals surface area contributed by atoms with Crippen LogP contribution >= 0.6 is 0 Å². The first-order valence-corrected chi connectivity index (χ1v) is 10.5. The maximum atomic E-state index is 14.1. The number of nitrogens with one attached hydrogen (secondary N) is 1. The Labute approximate surface area is 190 Å². The van der Waals surface area contributed by atoms with Crippen LogP contribution in [0.1, 0.15) is 22.3 Å². The molecule has 0 radical (unpaired) electrons. The van der Waals surface area contributed by atoms with Crippen LogP contribution in [0.2, 0.25) is 0 Å². The summed E-state index contributed by atoms with van der Waals surface area (Å²) in [7, 11) is 1.53. The van der Waals surface area contributed by atoms with Crippen LogP contribution < -0.4 is 15.0 Å². The number of carbonyl (C=O) groups excluding carboxylic acids is 2. The zero-order valence-corrected chi connectivity index (χ0v) is 18.1. The van der Waals surface area contributed by atoms with E-state index in [0.29, 0.717) is 42.2 Å². The van der Waals surface area contributed by atoms with Crippen molar-refractivity contribution in [2.75, 3.05) is 30.4 Å². The van der Waals surface area contributed by atoms with Gasteiger partial charge in [0.05, 0.1) is 13.7 Å². The molecule has 1 aliphatic rings. The van der Waals surface area contributed by atoms with E-state index in [4.69, 9.17) is 4.74 Å². The number of rotatable bonds is 6. The summed E-state index contributed by atoms with van der Waals surface area (Å²) in [6, 6.07) is 16.7. The molecule has 1 fully saturated rings. The normalized spacial score (nSPS) is 13.7. The van der Waals surface area contributed by atoms with Crippen LogP contribution in [0.25, 0.3) is 0 Å². The lowest BCUT2D eigenvalue weighted by molar-refractivity contribution is 0.102. The molecule has 3 amide bonds. The van der Waals surface area contributed by atoms with Crippen LogP contribution in [0.15, 0.2) is 66.7 Å². The van der Waals surface area contributed by atoms with Crippen molar-refractivity contribution in [3.05, 3.63) is 89.5 Å². The lowest BCUT2D eigenvalue weighted by atomic mass is 10.1. The van der Waals surface area contributed by atoms with Crippen molar-refractivity contribution in [3.8, 4) is 5.75 Å². The fourth-order valence-electron chi connectivity index (χ4n) is 3.76. The number of nitrogens with zero attached hydrogens (tertiary/aromatic N) is 2. The highest BCUT2D eigenvalue weighted by atomic mass is 19.1. The van der Waals surface area contributed by atoms with Crippen LogP contribution in [0.5, 0.6) is 5.75 Å². The second-order valence-corrected chi connectivity index (χ2v) is 7.68. The Kier molecular flexibility index (Phi) is 6.53. The first-order chi connectivity index (χ1) is 15.9. The predicted molar refractivity (Wildman–Crippen MR) is 122 cm³/mol. The minimum atomic E-state index is -0.552. The number of carbonyl (C=O) groups is 2. The summed E-state index contributed by atoms with van der Waals surface area (Å²) in [5.74, 6) is -0.833. The number of ether oxygens (including phenoxy) is 1. The Morgan fingerprint density at radius 1 is 1.03 bits per heavy atom. The van der Waals surface area contributed by atoms with Crippen molar-refractivity contribution in [1.29, 1.82) is 0 Å². The summed E-state index contributed by atoms with van der Waals surface area (Å²) >= 11 is 0. The molecule has 1 N–H and O–H groups in total. The number of methoxy groups -OCH3 is 1. The van der Waals surface area contributed by atoms with Crippen LogP contribution in [-0.2, 0) is 6.54 Å². The number of amides is 3. The molecule has 0 unspecified atom stereocenters. The molecule has 0 spiro atoms. The molecule has 6 nitrogen and oxygen atoms in total. The van der Waals surface area contributed by atoms with Crippen LogP contribution in [0.3, 0.4) is 0 Å². The molecule has 0 aromatic heterocycles.